The molecule has 0 saturated carbocycles. The third-order valence-electron chi connectivity index (χ3n) is 6.22. The molecule has 1 saturated heterocycles. The second kappa shape index (κ2) is 7.84. The molecular formula is C25H28N2O4. The normalized spacial score (nSPS) is 20.3. The molecule has 1 N–H and O–H groups in total. The Labute approximate surface area is 182 Å². The number of carbonyl (C=O) groups is 3. The van der Waals surface area contributed by atoms with Gasteiger partial charge in [0, 0.05) is 17.5 Å². The van der Waals surface area contributed by atoms with E-state index in [-0.39, 0.29) is 18.2 Å². The molecule has 2 aliphatic heterocycles. The fraction of sp³-hybridized carbons (Fsp3) is 0.400. The molecule has 3 amide bonds. The maximum atomic E-state index is 13.4. The van der Waals surface area contributed by atoms with Crippen molar-refractivity contribution in [3.05, 3.63) is 64.7 Å². The molecule has 2 aromatic carbocycles. The fourth-order valence-electron chi connectivity index (χ4n) is 4.42. The van der Waals surface area contributed by atoms with E-state index in [9.17, 15) is 14.4 Å². The van der Waals surface area contributed by atoms with Crippen molar-refractivity contribution in [1.29, 1.82) is 0 Å². The van der Waals surface area contributed by atoms with Crippen LogP contribution in [0.4, 0.5) is 4.79 Å². The predicted octanol–water partition coefficient (Wildman–Crippen LogP) is 4.35. The van der Waals surface area contributed by atoms with E-state index >= 15 is 0 Å². The van der Waals surface area contributed by atoms with Gasteiger partial charge in [0.2, 0.25) is 0 Å². The number of Topliss-reactive ketones (excluding diaryl/α,β-unsaturated/α-hetero) is 1. The van der Waals surface area contributed by atoms with Crippen LogP contribution in [0.2, 0.25) is 0 Å². The van der Waals surface area contributed by atoms with E-state index in [0.29, 0.717) is 35.8 Å². The molecule has 1 fully saturated rings. The van der Waals surface area contributed by atoms with Crippen molar-refractivity contribution in [1.82, 2.24) is 10.2 Å². The van der Waals surface area contributed by atoms with E-state index in [4.69, 9.17) is 4.74 Å². The average molecular weight is 421 g/mol. The first-order chi connectivity index (χ1) is 14.7. The Morgan fingerprint density at radius 2 is 1.84 bits per heavy atom. The number of hydrogen-bond donors (Lipinski definition) is 1. The molecule has 0 aliphatic carbocycles. The molecule has 0 bridgehead atoms. The highest BCUT2D eigenvalue weighted by molar-refractivity contribution is 6.12. The molecule has 2 aromatic rings. The highest BCUT2D eigenvalue weighted by Gasteiger charge is 2.55. The van der Waals surface area contributed by atoms with Gasteiger partial charge in [-0.15, -0.1) is 0 Å². The SMILES string of the molecule is CC(C)c1ccc(C(=O)CN2C(=O)NC3(CCOc4ccccc43)C2=O)c(C(C)C)c1. The Bertz CT molecular complexity index is 1060. The Balaban J connectivity index is 1.64. The lowest BCUT2D eigenvalue weighted by Gasteiger charge is -2.33. The number of benzene rings is 2. The number of hydrogen-bond acceptors (Lipinski definition) is 4. The number of rotatable bonds is 5. The zero-order valence-electron chi connectivity index (χ0n) is 18.4. The summed E-state index contributed by atoms with van der Waals surface area (Å²) < 4.78 is 5.66. The Morgan fingerprint density at radius 3 is 2.55 bits per heavy atom. The summed E-state index contributed by atoms with van der Waals surface area (Å²) in [5.41, 5.74) is 2.13. The van der Waals surface area contributed by atoms with Crippen molar-refractivity contribution in [3.63, 3.8) is 0 Å². The van der Waals surface area contributed by atoms with Crippen molar-refractivity contribution in [3.8, 4) is 5.75 Å². The molecule has 2 heterocycles. The molecule has 1 spiro atoms. The molecule has 1 atom stereocenters. The minimum absolute atomic E-state index is 0.148. The Hall–Kier alpha value is -3.15. The van der Waals surface area contributed by atoms with Crippen molar-refractivity contribution in [2.24, 2.45) is 0 Å². The average Bonchev–Trinajstić information content (AvgIpc) is 2.98. The maximum absolute atomic E-state index is 13.4. The van der Waals surface area contributed by atoms with Crippen LogP contribution in [-0.2, 0) is 10.3 Å². The lowest BCUT2D eigenvalue weighted by Crippen LogP contribution is -2.47. The molecule has 162 valence electrons. The standard InChI is InChI=1S/C25H28N2O4/c1-15(2)17-9-10-18(19(13-17)16(3)4)21(28)14-27-23(29)25(26-24(27)30)11-12-31-22-8-6-5-7-20(22)25/h5-10,13,15-16H,11-12,14H2,1-4H3,(H,26,30). The summed E-state index contributed by atoms with van der Waals surface area (Å²) in [6.07, 6.45) is 0.333. The number of imide groups is 1. The number of ketones is 1. The molecule has 6 heteroatoms. The quantitative estimate of drug-likeness (QED) is 0.577. The topological polar surface area (TPSA) is 75.7 Å². The van der Waals surface area contributed by atoms with Crippen LogP contribution in [0.3, 0.4) is 0 Å². The zero-order valence-corrected chi connectivity index (χ0v) is 18.4. The van der Waals surface area contributed by atoms with E-state index in [1.165, 1.54) is 0 Å². The number of para-hydroxylation sites is 1. The van der Waals surface area contributed by atoms with Gasteiger partial charge in [0.05, 0.1) is 13.2 Å². The molecule has 31 heavy (non-hydrogen) atoms. The molecular weight excluding hydrogens is 392 g/mol. The van der Waals surface area contributed by atoms with Crippen LogP contribution in [0.15, 0.2) is 42.5 Å². The number of ether oxygens (including phenoxy) is 1. The van der Waals surface area contributed by atoms with Crippen LogP contribution >= 0.6 is 0 Å². The van der Waals surface area contributed by atoms with Crippen molar-refractivity contribution >= 4 is 17.7 Å². The molecule has 6 nitrogen and oxygen atoms in total. The van der Waals surface area contributed by atoms with Crippen LogP contribution in [0.25, 0.3) is 0 Å². The van der Waals surface area contributed by atoms with Crippen LogP contribution < -0.4 is 10.1 Å². The van der Waals surface area contributed by atoms with Gasteiger partial charge in [-0.3, -0.25) is 14.5 Å². The smallest absolute Gasteiger partial charge is 0.325 e. The lowest BCUT2D eigenvalue weighted by atomic mass is 9.84. The number of carbonyl (C=O) groups excluding carboxylic acids is 3. The van der Waals surface area contributed by atoms with Gasteiger partial charge in [-0.2, -0.15) is 0 Å². The van der Waals surface area contributed by atoms with Gasteiger partial charge in [-0.05, 0) is 29.0 Å². The van der Waals surface area contributed by atoms with E-state index in [1.807, 2.05) is 38.1 Å². The minimum Gasteiger partial charge on any atom is -0.493 e. The second-order valence-corrected chi connectivity index (χ2v) is 8.90. The van der Waals surface area contributed by atoms with Crippen molar-refractivity contribution in [2.75, 3.05) is 13.2 Å². The summed E-state index contributed by atoms with van der Waals surface area (Å²) >= 11 is 0. The number of nitrogens with zero attached hydrogens (tertiary/aromatic N) is 1. The third kappa shape index (κ3) is 3.50. The van der Waals surface area contributed by atoms with Gasteiger partial charge >= 0.3 is 6.03 Å². The number of amides is 3. The summed E-state index contributed by atoms with van der Waals surface area (Å²) in [7, 11) is 0. The van der Waals surface area contributed by atoms with E-state index in [0.717, 1.165) is 16.0 Å². The number of fused-ring (bicyclic) bond motifs is 2. The highest BCUT2D eigenvalue weighted by atomic mass is 16.5. The van der Waals surface area contributed by atoms with Crippen molar-refractivity contribution in [2.45, 2.75) is 51.5 Å². The van der Waals surface area contributed by atoms with Crippen molar-refractivity contribution < 1.29 is 19.1 Å². The zero-order chi connectivity index (χ0) is 22.3. The fourth-order valence-corrected chi connectivity index (χ4v) is 4.42. The monoisotopic (exact) mass is 420 g/mol. The van der Waals surface area contributed by atoms with Crippen LogP contribution in [0.1, 0.15) is 73.0 Å². The third-order valence-corrected chi connectivity index (χ3v) is 6.22. The summed E-state index contributed by atoms with van der Waals surface area (Å²) in [6.45, 7) is 8.34. The summed E-state index contributed by atoms with van der Waals surface area (Å²) in [5, 5.41) is 2.85. The van der Waals surface area contributed by atoms with Crippen LogP contribution in [-0.4, -0.2) is 35.8 Å². The summed E-state index contributed by atoms with van der Waals surface area (Å²) in [5.74, 6) is 0.448. The van der Waals surface area contributed by atoms with Gasteiger partial charge in [0.1, 0.15) is 5.75 Å². The van der Waals surface area contributed by atoms with Crippen LogP contribution in [0, 0.1) is 0 Å². The van der Waals surface area contributed by atoms with Gasteiger partial charge in [0.15, 0.2) is 11.3 Å². The van der Waals surface area contributed by atoms with Gasteiger partial charge in [-0.25, -0.2) is 4.79 Å². The Kier molecular flexibility index (Phi) is 5.33. The van der Waals surface area contributed by atoms with Gasteiger partial charge < -0.3 is 10.1 Å². The molecule has 4 rings (SSSR count). The second-order valence-electron chi connectivity index (χ2n) is 8.90. The molecule has 1 unspecified atom stereocenters. The minimum atomic E-state index is -1.17. The summed E-state index contributed by atoms with van der Waals surface area (Å²) in [6, 6.07) is 12.5. The van der Waals surface area contributed by atoms with E-state index in [1.54, 1.807) is 12.1 Å². The Morgan fingerprint density at radius 1 is 1.10 bits per heavy atom. The largest absolute Gasteiger partial charge is 0.493 e. The lowest BCUT2D eigenvalue weighted by molar-refractivity contribution is -0.132. The maximum Gasteiger partial charge on any atom is 0.325 e. The van der Waals surface area contributed by atoms with E-state index < -0.39 is 17.5 Å². The number of urea groups is 1. The molecule has 0 aromatic heterocycles. The van der Waals surface area contributed by atoms with Gasteiger partial charge in [0.25, 0.3) is 5.91 Å². The molecule has 2 aliphatic rings. The highest BCUT2D eigenvalue weighted by Crippen LogP contribution is 2.41. The molecule has 0 radical (unpaired) electrons. The first kappa shape index (κ1) is 21.1. The predicted molar refractivity (Wildman–Crippen MR) is 117 cm³/mol. The number of nitrogens with one attached hydrogen (secondary N) is 1. The van der Waals surface area contributed by atoms with Crippen LogP contribution in [0.5, 0.6) is 5.75 Å². The first-order valence-electron chi connectivity index (χ1n) is 10.8. The summed E-state index contributed by atoms with van der Waals surface area (Å²) in [4.78, 5) is 40.5. The van der Waals surface area contributed by atoms with Gasteiger partial charge in [-0.1, -0.05) is 64.1 Å². The first-order valence-corrected chi connectivity index (χ1v) is 10.8. The van der Waals surface area contributed by atoms with E-state index in [2.05, 4.69) is 25.2 Å².